The average Bonchev–Trinajstić information content (AvgIpc) is 3.42. The van der Waals surface area contributed by atoms with Gasteiger partial charge in [0.05, 0.1) is 19.9 Å². The van der Waals surface area contributed by atoms with Crippen molar-refractivity contribution in [3.63, 3.8) is 0 Å². The van der Waals surface area contributed by atoms with Crippen LogP contribution in [0.4, 0.5) is 0 Å². The summed E-state index contributed by atoms with van der Waals surface area (Å²) in [6.07, 6.45) is 3.42. The molecule has 0 bridgehead atoms. The van der Waals surface area contributed by atoms with Crippen LogP contribution in [0.2, 0.25) is 0 Å². The van der Waals surface area contributed by atoms with E-state index < -0.39 is 11.8 Å². The third-order valence-electron chi connectivity index (χ3n) is 5.28. The van der Waals surface area contributed by atoms with Crippen LogP contribution in [-0.2, 0) is 20.9 Å². The Kier molecular flexibility index (Phi) is 9.47. The Morgan fingerprint density at radius 3 is 2.43 bits per heavy atom. The highest BCUT2D eigenvalue weighted by atomic mass is 16.5. The Labute approximate surface area is 204 Å². The van der Waals surface area contributed by atoms with E-state index in [0.29, 0.717) is 29.4 Å². The molecule has 35 heavy (non-hydrogen) atoms. The average molecular weight is 483 g/mol. The Morgan fingerprint density at radius 2 is 1.74 bits per heavy atom. The minimum Gasteiger partial charge on any atom is -0.497 e. The second kappa shape index (κ2) is 13.0. The third kappa shape index (κ3) is 7.73. The van der Waals surface area contributed by atoms with Gasteiger partial charge in [0.15, 0.2) is 18.1 Å². The smallest absolute Gasteiger partial charge is 0.329 e. The molecule has 1 heterocycles. The van der Waals surface area contributed by atoms with Crippen LogP contribution in [0.3, 0.4) is 0 Å². The van der Waals surface area contributed by atoms with Gasteiger partial charge in [0.1, 0.15) is 5.75 Å². The molecule has 2 N–H and O–H groups in total. The Bertz CT molecular complexity index is 1050. The second-order valence-electron chi connectivity index (χ2n) is 7.75. The van der Waals surface area contributed by atoms with Crippen molar-refractivity contribution in [2.24, 2.45) is 5.10 Å². The summed E-state index contributed by atoms with van der Waals surface area (Å²) in [4.78, 5) is 38.0. The van der Waals surface area contributed by atoms with Crippen LogP contribution in [0.15, 0.2) is 47.6 Å². The molecule has 10 nitrogen and oxygen atoms in total. The van der Waals surface area contributed by atoms with E-state index in [1.54, 1.807) is 54.5 Å². The normalized spacial score (nSPS) is 12.9. The minimum absolute atomic E-state index is 0.0523. The number of hydrazone groups is 1. The molecule has 3 rings (SSSR count). The van der Waals surface area contributed by atoms with Gasteiger partial charge in [-0.2, -0.15) is 5.10 Å². The summed E-state index contributed by atoms with van der Waals surface area (Å²) in [7, 11) is 1.57. The number of nitrogens with zero attached hydrogens (tertiary/aromatic N) is 2. The van der Waals surface area contributed by atoms with E-state index in [1.165, 1.54) is 6.21 Å². The fraction of sp³-hybridized carbons (Fsp3) is 0.360. The van der Waals surface area contributed by atoms with Gasteiger partial charge in [-0.3, -0.25) is 14.4 Å². The molecule has 1 aliphatic rings. The van der Waals surface area contributed by atoms with Crippen molar-refractivity contribution in [3.05, 3.63) is 53.6 Å². The van der Waals surface area contributed by atoms with Gasteiger partial charge in [-0.15, -0.1) is 0 Å². The van der Waals surface area contributed by atoms with Crippen LogP contribution < -0.4 is 25.0 Å². The van der Waals surface area contributed by atoms with E-state index in [0.717, 1.165) is 31.5 Å². The van der Waals surface area contributed by atoms with Crippen molar-refractivity contribution in [1.29, 1.82) is 0 Å². The van der Waals surface area contributed by atoms with Gasteiger partial charge in [0.25, 0.3) is 5.91 Å². The molecule has 0 spiro atoms. The standard InChI is InChI=1S/C25H30N4O6/c1-3-34-22-14-19(8-11-21(22)35-17-23(30)29-12-4-5-13-29)16-27-28-25(32)24(31)26-15-18-6-9-20(33-2)10-7-18/h6-11,14,16H,3-5,12-13,15,17H2,1-2H3,(H,26,31)(H,28,32)/b27-16-. The largest absolute Gasteiger partial charge is 0.497 e. The lowest BCUT2D eigenvalue weighted by Gasteiger charge is -2.17. The SMILES string of the molecule is CCOc1cc(/C=N\NC(=O)C(=O)NCc2ccc(OC)cc2)ccc1OCC(=O)N1CCCC1. The molecule has 0 unspecified atom stereocenters. The maximum Gasteiger partial charge on any atom is 0.329 e. The number of carbonyl (C=O) groups is 3. The maximum atomic E-state index is 12.2. The van der Waals surface area contributed by atoms with Crippen LogP contribution in [-0.4, -0.2) is 62.2 Å². The predicted octanol–water partition coefficient (Wildman–Crippen LogP) is 1.86. The molecular weight excluding hydrogens is 452 g/mol. The first-order chi connectivity index (χ1) is 17.0. The fourth-order valence-corrected chi connectivity index (χ4v) is 3.41. The molecular formula is C25H30N4O6. The van der Waals surface area contributed by atoms with Crippen molar-refractivity contribution >= 4 is 23.9 Å². The summed E-state index contributed by atoms with van der Waals surface area (Å²) >= 11 is 0. The first kappa shape index (κ1) is 25.5. The van der Waals surface area contributed by atoms with Gasteiger partial charge in [-0.1, -0.05) is 12.1 Å². The number of carbonyl (C=O) groups excluding carboxylic acids is 3. The number of hydrogen-bond donors (Lipinski definition) is 2. The number of rotatable bonds is 10. The molecule has 0 saturated carbocycles. The van der Waals surface area contributed by atoms with Gasteiger partial charge in [-0.05, 0) is 61.2 Å². The topological polar surface area (TPSA) is 119 Å². The summed E-state index contributed by atoms with van der Waals surface area (Å²) < 4.78 is 16.4. The maximum absolute atomic E-state index is 12.2. The van der Waals surface area contributed by atoms with Crippen molar-refractivity contribution in [2.75, 3.05) is 33.4 Å². The van der Waals surface area contributed by atoms with Crippen LogP contribution in [0.5, 0.6) is 17.2 Å². The van der Waals surface area contributed by atoms with Crippen LogP contribution in [0, 0.1) is 0 Å². The fourth-order valence-electron chi connectivity index (χ4n) is 3.41. The molecule has 0 atom stereocenters. The first-order valence-corrected chi connectivity index (χ1v) is 11.4. The summed E-state index contributed by atoms with van der Waals surface area (Å²) in [5.74, 6) is -0.148. The van der Waals surface area contributed by atoms with E-state index >= 15 is 0 Å². The quantitative estimate of drug-likeness (QED) is 0.303. The zero-order valence-corrected chi connectivity index (χ0v) is 19.9. The van der Waals surface area contributed by atoms with E-state index in [-0.39, 0.29) is 19.1 Å². The van der Waals surface area contributed by atoms with Gasteiger partial charge < -0.3 is 24.4 Å². The zero-order valence-electron chi connectivity index (χ0n) is 19.9. The van der Waals surface area contributed by atoms with Crippen molar-refractivity contribution in [3.8, 4) is 17.2 Å². The van der Waals surface area contributed by atoms with E-state index in [1.807, 2.05) is 6.92 Å². The second-order valence-corrected chi connectivity index (χ2v) is 7.75. The van der Waals surface area contributed by atoms with Crippen LogP contribution in [0.1, 0.15) is 30.9 Å². The molecule has 0 aromatic heterocycles. The third-order valence-corrected chi connectivity index (χ3v) is 5.28. The van der Waals surface area contributed by atoms with Crippen molar-refractivity contribution in [1.82, 2.24) is 15.6 Å². The molecule has 1 saturated heterocycles. The highest BCUT2D eigenvalue weighted by Gasteiger charge is 2.19. The number of methoxy groups -OCH3 is 1. The number of hydrogen-bond acceptors (Lipinski definition) is 7. The number of benzene rings is 2. The van der Waals surface area contributed by atoms with Crippen LogP contribution in [0.25, 0.3) is 0 Å². The molecule has 0 radical (unpaired) electrons. The van der Waals surface area contributed by atoms with Crippen molar-refractivity contribution < 1.29 is 28.6 Å². The molecule has 186 valence electrons. The van der Waals surface area contributed by atoms with Gasteiger partial charge in [0.2, 0.25) is 0 Å². The zero-order chi connectivity index (χ0) is 25.0. The molecule has 2 aromatic rings. The predicted molar refractivity (Wildman–Crippen MR) is 129 cm³/mol. The lowest BCUT2D eigenvalue weighted by atomic mass is 10.2. The van der Waals surface area contributed by atoms with E-state index in [9.17, 15) is 14.4 Å². The minimum atomic E-state index is -0.889. The Morgan fingerprint density at radius 1 is 1.00 bits per heavy atom. The first-order valence-electron chi connectivity index (χ1n) is 11.4. The van der Waals surface area contributed by atoms with Crippen molar-refractivity contribution in [2.45, 2.75) is 26.3 Å². The molecule has 2 aromatic carbocycles. The number of ether oxygens (including phenoxy) is 3. The molecule has 1 aliphatic heterocycles. The summed E-state index contributed by atoms with van der Waals surface area (Å²) in [5, 5.41) is 6.37. The van der Waals surface area contributed by atoms with Gasteiger partial charge >= 0.3 is 11.8 Å². The van der Waals surface area contributed by atoms with Gasteiger partial charge in [-0.25, -0.2) is 5.43 Å². The van der Waals surface area contributed by atoms with E-state index in [4.69, 9.17) is 14.2 Å². The molecule has 3 amide bonds. The lowest BCUT2D eigenvalue weighted by molar-refractivity contribution is -0.139. The summed E-state index contributed by atoms with van der Waals surface area (Å²) in [6, 6.07) is 12.2. The Balaban J connectivity index is 1.50. The molecule has 1 fully saturated rings. The highest BCUT2D eigenvalue weighted by Crippen LogP contribution is 2.28. The number of likely N-dealkylation sites (tertiary alicyclic amines) is 1. The highest BCUT2D eigenvalue weighted by molar-refractivity contribution is 6.35. The lowest BCUT2D eigenvalue weighted by Crippen LogP contribution is -2.37. The summed E-state index contributed by atoms with van der Waals surface area (Å²) in [6.45, 7) is 3.91. The van der Waals surface area contributed by atoms with Crippen LogP contribution >= 0.6 is 0 Å². The number of nitrogens with one attached hydrogen (secondary N) is 2. The molecule has 10 heteroatoms. The van der Waals surface area contributed by atoms with E-state index in [2.05, 4.69) is 15.8 Å². The monoisotopic (exact) mass is 482 g/mol. The number of amides is 3. The summed E-state index contributed by atoms with van der Waals surface area (Å²) in [5.41, 5.74) is 3.64. The van der Waals surface area contributed by atoms with Gasteiger partial charge in [0, 0.05) is 19.6 Å². The Hall–Kier alpha value is -4.08. The molecule has 0 aliphatic carbocycles.